The van der Waals surface area contributed by atoms with E-state index in [2.05, 4.69) is 10.1 Å². The van der Waals surface area contributed by atoms with Gasteiger partial charge in [-0.3, -0.25) is 4.68 Å². The molecule has 0 saturated heterocycles. The molecule has 0 atom stereocenters. The van der Waals surface area contributed by atoms with Crippen molar-refractivity contribution in [3.63, 3.8) is 0 Å². The van der Waals surface area contributed by atoms with E-state index in [9.17, 15) is 18.1 Å². The Morgan fingerprint density at radius 3 is 2.49 bits per heavy atom. The van der Waals surface area contributed by atoms with Crippen LogP contribution in [0.3, 0.4) is 0 Å². The van der Waals surface area contributed by atoms with Gasteiger partial charge in [-0.05, 0) is 47.5 Å². The van der Waals surface area contributed by atoms with Crippen molar-refractivity contribution >= 4 is 21.2 Å². The number of hydrogen-bond donors (Lipinski definition) is 0. The van der Waals surface area contributed by atoms with Crippen LogP contribution < -0.4 is 4.74 Å². The zero-order chi connectivity index (χ0) is 26.0. The lowest BCUT2D eigenvalue weighted by molar-refractivity contribution is 0.481. The first-order valence-electron chi connectivity index (χ1n) is 11.1. The smallest absolute Gasteiger partial charge is 0.196 e. The number of sulfone groups is 1. The summed E-state index contributed by atoms with van der Waals surface area (Å²) < 4.78 is 46.9. The van der Waals surface area contributed by atoms with Crippen LogP contribution in [0.5, 0.6) is 11.5 Å². The van der Waals surface area contributed by atoms with Crippen LogP contribution in [0.25, 0.3) is 22.4 Å². The fraction of sp³-hybridized carbons (Fsp3) is 0.0741. The average Bonchev–Trinajstić information content (AvgIpc) is 3.51. The van der Waals surface area contributed by atoms with Crippen LogP contribution in [0.15, 0.2) is 90.1 Å². The summed E-state index contributed by atoms with van der Waals surface area (Å²) in [7, 11) is -2.02. The maximum Gasteiger partial charge on any atom is 0.196 e. The van der Waals surface area contributed by atoms with E-state index in [0.29, 0.717) is 17.1 Å². The Bertz CT molecular complexity index is 1740. The number of nitrogens with zero attached hydrogens (tertiary/aromatic N) is 4. The van der Waals surface area contributed by atoms with Gasteiger partial charge in [0, 0.05) is 18.8 Å². The Balaban J connectivity index is 1.51. The highest BCUT2D eigenvalue weighted by molar-refractivity contribution is 7.90. The molecule has 0 fully saturated rings. The number of ether oxygens (including phenoxy) is 1. The number of benzene rings is 3. The van der Waals surface area contributed by atoms with Crippen molar-refractivity contribution in [1.29, 1.82) is 5.26 Å². The Kier molecular flexibility index (Phi) is 6.56. The number of thiazole rings is 1. The fourth-order valence-corrected chi connectivity index (χ4v) is 6.14. The minimum absolute atomic E-state index is 0.0505. The van der Waals surface area contributed by atoms with Crippen molar-refractivity contribution in [2.45, 2.75) is 10.6 Å². The number of aryl methyl sites for hydroxylation is 1. The van der Waals surface area contributed by atoms with Crippen molar-refractivity contribution in [2.75, 3.05) is 0 Å². The van der Waals surface area contributed by atoms with Crippen LogP contribution in [0, 0.1) is 16.5 Å². The van der Waals surface area contributed by atoms with Gasteiger partial charge in [-0.15, -0.1) is 0 Å². The molecule has 0 N–H and O–H groups in total. The third-order valence-corrected chi connectivity index (χ3v) is 8.27. The SMILES string of the molecule is Cn1nccc1-c1cc(-c2ccccc2)ccc1Oc1ccc(S(=O)(=O)Cc2ncc(F)s2)cc1C#N. The molecule has 7 nitrogen and oxygen atoms in total. The van der Waals surface area contributed by atoms with E-state index < -0.39 is 20.7 Å². The van der Waals surface area contributed by atoms with Crippen LogP contribution in [-0.2, 0) is 22.6 Å². The lowest BCUT2D eigenvalue weighted by Crippen LogP contribution is -2.05. The molecule has 10 heteroatoms. The summed E-state index contributed by atoms with van der Waals surface area (Å²) in [5.41, 5.74) is 3.62. The summed E-state index contributed by atoms with van der Waals surface area (Å²) in [6.07, 6.45) is 2.67. The highest BCUT2D eigenvalue weighted by atomic mass is 32.2. The van der Waals surface area contributed by atoms with Gasteiger partial charge in [0.25, 0.3) is 0 Å². The maximum atomic E-state index is 13.3. The van der Waals surface area contributed by atoms with Crippen molar-refractivity contribution in [3.05, 3.63) is 101 Å². The van der Waals surface area contributed by atoms with Gasteiger partial charge in [0.15, 0.2) is 15.0 Å². The summed E-state index contributed by atoms with van der Waals surface area (Å²) in [4.78, 5) is 3.71. The zero-order valence-corrected chi connectivity index (χ0v) is 21.1. The molecule has 5 rings (SSSR count). The van der Waals surface area contributed by atoms with E-state index in [-0.39, 0.29) is 21.2 Å². The fourth-order valence-electron chi connectivity index (χ4n) is 3.87. The Morgan fingerprint density at radius 2 is 1.81 bits per heavy atom. The molecule has 184 valence electrons. The standard InChI is InChI=1S/C27H19FN4O3S2/c1-32-23(11-12-31-32)22-14-19(18-5-3-2-4-6-18)7-9-25(22)35-24-10-8-21(13-20(24)15-29)37(33,34)17-27-30-16-26(28)36-27/h2-14,16H,17H2,1H3. The number of nitriles is 1. The van der Waals surface area contributed by atoms with Crippen LogP contribution in [0.2, 0.25) is 0 Å². The number of halogens is 1. The van der Waals surface area contributed by atoms with Crippen molar-refractivity contribution in [1.82, 2.24) is 14.8 Å². The second kappa shape index (κ2) is 9.97. The van der Waals surface area contributed by atoms with Crippen LogP contribution in [-0.4, -0.2) is 23.2 Å². The first kappa shape index (κ1) is 24.4. The van der Waals surface area contributed by atoms with E-state index >= 15 is 0 Å². The molecule has 0 bridgehead atoms. The summed E-state index contributed by atoms with van der Waals surface area (Å²) in [5, 5.41) is 13.6. The Hall–Kier alpha value is -4.33. The van der Waals surface area contributed by atoms with E-state index in [1.807, 2.05) is 67.7 Å². The molecule has 2 aromatic heterocycles. The third kappa shape index (κ3) is 5.14. The predicted octanol–water partition coefficient (Wildman–Crippen LogP) is 5.99. The van der Waals surface area contributed by atoms with Gasteiger partial charge in [0.05, 0.1) is 22.3 Å². The summed E-state index contributed by atoms with van der Waals surface area (Å²) in [6, 6.07) is 23.6. The van der Waals surface area contributed by atoms with Gasteiger partial charge in [0.2, 0.25) is 0 Å². The largest absolute Gasteiger partial charge is 0.455 e. The quantitative estimate of drug-likeness (QED) is 0.256. The van der Waals surface area contributed by atoms with Crippen LogP contribution in [0.1, 0.15) is 10.6 Å². The van der Waals surface area contributed by atoms with Gasteiger partial charge in [-0.25, -0.2) is 13.4 Å². The number of rotatable bonds is 7. The topological polar surface area (TPSA) is 97.9 Å². The molecular formula is C27H19FN4O3S2. The molecular weight excluding hydrogens is 511 g/mol. The first-order chi connectivity index (χ1) is 17.8. The van der Waals surface area contributed by atoms with E-state index in [0.717, 1.165) is 28.6 Å². The lowest BCUT2D eigenvalue weighted by Gasteiger charge is -2.15. The van der Waals surface area contributed by atoms with E-state index in [1.54, 1.807) is 10.9 Å². The molecule has 0 aliphatic heterocycles. The maximum absolute atomic E-state index is 13.3. The molecule has 0 spiro atoms. The highest BCUT2D eigenvalue weighted by Gasteiger charge is 2.21. The monoisotopic (exact) mass is 530 g/mol. The third-order valence-electron chi connectivity index (χ3n) is 5.67. The first-order valence-corrected chi connectivity index (χ1v) is 13.5. The van der Waals surface area contributed by atoms with Crippen LogP contribution >= 0.6 is 11.3 Å². The average molecular weight is 531 g/mol. The van der Waals surface area contributed by atoms with Crippen molar-refractivity contribution < 1.29 is 17.5 Å². The van der Waals surface area contributed by atoms with E-state index in [1.165, 1.54) is 18.2 Å². The van der Waals surface area contributed by atoms with E-state index in [4.69, 9.17) is 4.74 Å². The highest BCUT2D eigenvalue weighted by Crippen LogP contribution is 2.38. The van der Waals surface area contributed by atoms with Gasteiger partial charge >= 0.3 is 0 Å². The summed E-state index contributed by atoms with van der Waals surface area (Å²) in [5.74, 6) is 0.226. The molecule has 0 amide bonds. The van der Waals surface area contributed by atoms with Crippen molar-refractivity contribution in [2.24, 2.45) is 7.05 Å². The molecule has 0 unspecified atom stereocenters. The Morgan fingerprint density at radius 1 is 1.03 bits per heavy atom. The van der Waals surface area contributed by atoms with Gasteiger partial charge in [-0.2, -0.15) is 14.8 Å². The number of aromatic nitrogens is 3. The molecule has 0 radical (unpaired) electrons. The van der Waals surface area contributed by atoms with Gasteiger partial charge in [-0.1, -0.05) is 47.7 Å². The minimum atomic E-state index is -3.84. The number of hydrogen-bond acceptors (Lipinski definition) is 7. The van der Waals surface area contributed by atoms with Gasteiger partial charge in [0.1, 0.15) is 28.3 Å². The predicted molar refractivity (Wildman–Crippen MR) is 138 cm³/mol. The second-order valence-electron chi connectivity index (χ2n) is 8.11. The molecule has 37 heavy (non-hydrogen) atoms. The molecule has 2 heterocycles. The normalized spacial score (nSPS) is 11.3. The minimum Gasteiger partial charge on any atom is -0.455 e. The molecule has 0 aliphatic rings. The summed E-state index contributed by atoms with van der Waals surface area (Å²) >= 11 is 0.671. The zero-order valence-electron chi connectivity index (χ0n) is 19.5. The molecule has 0 aliphatic carbocycles. The van der Waals surface area contributed by atoms with Gasteiger partial charge < -0.3 is 4.74 Å². The van der Waals surface area contributed by atoms with Crippen LogP contribution in [0.4, 0.5) is 4.39 Å². The summed E-state index contributed by atoms with van der Waals surface area (Å²) in [6.45, 7) is 0. The second-order valence-corrected chi connectivity index (χ2v) is 11.2. The Labute approximate surface area is 217 Å². The molecule has 5 aromatic rings. The molecule has 3 aromatic carbocycles. The van der Waals surface area contributed by atoms with Crippen molar-refractivity contribution in [3.8, 4) is 40.0 Å². The lowest BCUT2D eigenvalue weighted by atomic mass is 10.0. The molecule has 0 saturated carbocycles.